The van der Waals surface area contributed by atoms with Crippen molar-refractivity contribution in [2.75, 3.05) is 0 Å². The first-order valence-electron chi connectivity index (χ1n) is 15.7. The molecule has 0 saturated carbocycles. The van der Waals surface area contributed by atoms with Gasteiger partial charge in [0.2, 0.25) is 0 Å². The van der Waals surface area contributed by atoms with Crippen molar-refractivity contribution in [3.63, 3.8) is 0 Å². The summed E-state index contributed by atoms with van der Waals surface area (Å²) in [5.74, 6) is 0.419. The van der Waals surface area contributed by atoms with Crippen LogP contribution in [-0.2, 0) is 6.51 Å². The Bertz CT molecular complexity index is 2180. The van der Waals surface area contributed by atoms with Gasteiger partial charge in [-0.2, -0.15) is 0 Å². The molecule has 42 heavy (non-hydrogen) atoms. The first kappa shape index (κ1) is 20.5. The van der Waals surface area contributed by atoms with Gasteiger partial charge in [0, 0.05) is 0 Å². The van der Waals surface area contributed by atoms with Crippen LogP contribution in [0.15, 0.2) is 78.9 Å². The first-order chi connectivity index (χ1) is 20.2. The second kappa shape index (κ2) is 3.31. The van der Waals surface area contributed by atoms with E-state index >= 15 is 0 Å². The number of nitrogens with zero attached hydrogens (tertiary/aromatic N) is 1. The van der Waals surface area contributed by atoms with E-state index < -0.39 is 6.51 Å². The zero-order chi connectivity index (χ0) is 27.7. The molecule has 1 spiro atoms. The summed E-state index contributed by atoms with van der Waals surface area (Å²) in [7, 11) is 0. The summed E-state index contributed by atoms with van der Waals surface area (Å²) < 4.78 is 0.423. The van der Waals surface area contributed by atoms with Gasteiger partial charge in [0.1, 0.15) is 0 Å². The molecule has 3 aromatic carbocycles. The zero-order valence-corrected chi connectivity index (χ0v) is 24.0. The number of phenols is 2. The van der Waals surface area contributed by atoms with E-state index in [1.807, 2.05) is 53.4 Å². The van der Waals surface area contributed by atoms with Gasteiger partial charge in [0.15, 0.2) is 0 Å². The SMILES string of the molecule is O=C1c2ccccc2C(=O)N1C(CCCC=C(c1ccc(O)cc1)c1ccc(O)cc1)[C]12[CH]3[CH]4[CH]5[CH]1[Fe]45321678[CH]2[CH]1[CH]6[CH]7[CH]28. The maximum absolute atomic E-state index is 14.0. The van der Waals surface area contributed by atoms with Crippen molar-refractivity contribution in [1.29, 1.82) is 0 Å². The fourth-order valence-corrected chi connectivity index (χ4v) is 96.8. The van der Waals surface area contributed by atoms with Crippen LogP contribution in [0.5, 0.6) is 11.5 Å². The summed E-state index contributed by atoms with van der Waals surface area (Å²) in [5.41, 5.74) is 4.34. The van der Waals surface area contributed by atoms with Gasteiger partial charge in [0.05, 0.1) is 0 Å². The minimum absolute atomic E-state index is 0.0269. The number of aromatic hydroxyl groups is 2. The van der Waals surface area contributed by atoms with Crippen LogP contribution >= 0.6 is 0 Å². The summed E-state index contributed by atoms with van der Waals surface area (Å²) in [4.78, 5) is 39.9. The third kappa shape index (κ3) is 0.588. The van der Waals surface area contributed by atoms with E-state index in [1.54, 1.807) is 24.3 Å². The van der Waals surface area contributed by atoms with Crippen molar-refractivity contribution in [3.05, 3.63) is 101 Å². The Morgan fingerprint density at radius 2 is 1.21 bits per heavy atom. The quantitative estimate of drug-likeness (QED) is 0.156. The Kier molecular flexibility index (Phi) is 1.62. The number of imide groups is 1. The molecular formula is C36H31FeNO4. The molecule has 5 unspecified atom stereocenters. The number of rotatable bonds is 8. The van der Waals surface area contributed by atoms with E-state index in [9.17, 15) is 19.8 Å². The van der Waals surface area contributed by atoms with Crippen LogP contribution in [0.25, 0.3) is 5.57 Å². The van der Waals surface area contributed by atoms with Gasteiger partial charge in [-0.05, 0) is 0 Å². The fourth-order valence-electron chi connectivity index (χ4n) is 21.6. The minimum atomic E-state index is -3.62. The molecule has 2 N–H and O–H groups in total. The van der Waals surface area contributed by atoms with Crippen LogP contribution in [0, 0.1) is 0 Å². The van der Waals surface area contributed by atoms with Crippen molar-refractivity contribution in [3.8, 4) is 11.5 Å². The molecule has 14 rings (SSSR count). The van der Waals surface area contributed by atoms with Crippen LogP contribution in [-0.4, -0.2) is 33.0 Å². The van der Waals surface area contributed by atoms with Gasteiger partial charge in [-0.25, -0.2) is 0 Å². The molecule has 6 heteroatoms. The Balaban J connectivity index is 0.864. The molecule has 5 nitrogen and oxygen atoms in total. The molecule has 11 aliphatic rings. The number of carbonyl (C=O) groups is 2. The average Bonchev–Trinajstić information content (AvgIpc) is 3.93. The van der Waals surface area contributed by atoms with Crippen molar-refractivity contribution < 1.29 is 26.3 Å². The van der Waals surface area contributed by atoms with E-state index in [1.165, 1.54) is 0 Å². The zero-order valence-electron chi connectivity index (χ0n) is 22.9. The number of hydrogen-bond acceptors (Lipinski definition) is 4. The second-order valence-corrected chi connectivity index (χ2v) is 41.0. The van der Waals surface area contributed by atoms with Crippen LogP contribution in [0.4, 0.5) is 0 Å². The van der Waals surface area contributed by atoms with E-state index in [2.05, 4.69) is 6.08 Å². The van der Waals surface area contributed by atoms with Gasteiger partial charge < -0.3 is 0 Å². The van der Waals surface area contributed by atoms with Gasteiger partial charge in [-0.15, -0.1) is 0 Å². The molecule has 212 valence electrons. The van der Waals surface area contributed by atoms with Crippen LogP contribution in [0.2, 0.25) is 47.7 Å². The molecule has 0 aromatic heterocycles. The number of amides is 2. The second-order valence-electron chi connectivity index (χ2n) is 17.4. The Labute approximate surface area is 233 Å². The number of fused-ring (bicyclic) bond motifs is 11. The van der Waals surface area contributed by atoms with Gasteiger partial charge in [-0.3, -0.25) is 0 Å². The van der Waals surface area contributed by atoms with E-state index in [4.69, 9.17) is 0 Å². The topological polar surface area (TPSA) is 77.8 Å². The third-order valence-electron chi connectivity index (χ3n) is 20.8. The molecule has 11 heterocycles. The summed E-state index contributed by atoms with van der Waals surface area (Å²) >= 11 is 0. The van der Waals surface area contributed by atoms with Crippen LogP contribution < -0.4 is 0 Å². The number of carbonyl (C=O) groups excluding carboxylic acids is 2. The summed E-state index contributed by atoms with van der Waals surface area (Å²) in [5, 5.41) is 19.8. The molecule has 10 saturated heterocycles. The standard InChI is InChI=1S/C31H26NO4.C5H5.Fe/c33-24-17-13-21(14-18-24)26(22-15-19-25(34)20-16-22)9-5-6-12-29(23-7-1-2-8-23)32-30(35)27-10-3-4-11-28(27)31(32)36;1-2-4-5-3-1;/h1-4,7-11,13-20,29,33-34H,5-6,12H2;1-5H;. The Hall–Kier alpha value is -3.34. The molecule has 2 amide bonds. The van der Waals surface area contributed by atoms with Gasteiger partial charge in [0.25, 0.3) is 0 Å². The van der Waals surface area contributed by atoms with Gasteiger partial charge >= 0.3 is 234 Å². The molecule has 0 aliphatic carbocycles. The number of benzene rings is 3. The molecular weight excluding hydrogens is 566 g/mol. The fraction of sp³-hybridized carbons (Fsp3) is 0.389. The van der Waals surface area contributed by atoms with E-state index in [0.717, 1.165) is 79.3 Å². The molecule has 5 atom stereocenters. The molecule has 10 fully saturated rings. The van der Waals surface area contributed by atoms with E-state index in [-0.39, 0.29) is 29.4 Å². The van der Waals surface area contributed by atoms with Crippen molar-refractivity contribution in [2.24, 2.45) is 0 Å². The van der Waals surface area contributed by atoms with Gasteiger partial charge in [-0.1, -0.05) is 0 Å². The van der Waals surface area contributed by atoms with Crippen LogP contribution in [0.3, 0.4) is 0 Å². The summed E-state index contributed by atoms with van der Waals surface area (Å²) in [6.45, 7) is -3.62. The Morgan fingerprint density at radius 3 is 1.62 bits per heavy atom. The number of phenolic OH excluding ortho intramolecular Hbond substituents is 2. The summed E-state index contributed by atoms with van der Waals surface area (Å²) in [6.07, 6.45) is 4.99. The van der Waals surface area contributed by atoms with Crippen LogP contribution in [0.1, 0.15) is 51.1 Å². The first-order valence-corrected chi connectivity index (χ1v) is 22.0. The van der Waals surface area contributed by atoms with Crippen molar-refractivity contribution in [2.45, 2.75) is 73.0 Å². The average molecular weight is 597 g/mol. The third-order valence-corrected chi connectivity index (χ3v) is 63.5. The monoisotopic (exact) mass is 597 g/mol. The van der Waals surface area contributed by atoms with Crippen molar-refractivity contribution >= 4 is 17.4 Å². The predicted molar refractivity (Wildman–Crippen MR) is 154 cm³/mol. The normalized spacial score (nSPS) is 57.1. The van der Waals surface area contributed by atoms with Crippen molar-refractivity contribution in [1.82, 2.24) is 4.90 Å². The van der Waals surface area contributed by atoms with E-state index in [0.29, 0.717) is 15.4 Å². The number of allylic oxidation sites excluding steroid dienone is 1. The molecule has 11 aliphatic heterocycles. The molecule has 0 radical (unpaired) electrons. The number of unbranched alkanes of at least 4 members (excludes halogenated alkanes) is 1. The molecule has 3 aromatic rings. The molecule has 0 bridgehead atoms. The Morgan fingerprint density at radius 1 is 0.738 bits per heavy atom. The number of hydrogen-bond donors (Lipinski definition) is 2. The maximum atomic E-state index is 14.0. The summed E-state index contributed by atoms with van der Waals surface area (Å²) in [6, 6.07) is 22.2. The predicted octanol–water partition coefficient (Wildman–Crippen LogP) is 8.12.